The van der Waals surface area contributed by atoms with Gasteiger partial charge in [0.05, 0.1) is 5.69 Å². The standard InChI is InChI=1S/C16H22FN3O/c1-4-12(2)20-9-8-14(19-20)11-21-16-13(10-18-3)6-5-7-15(16)17/h5-9,12,18H,4,10-11H2,1-3H3. The maximum Gasteiger partial charge on any atom is 0.165 e. The number of rotatable bonds is 7. The molecular weight excluding hydrogens is 269 g/mol. The molecule has 0 radical (unpaired) electrons. The number of hydrogen-bond acceptors (Lipinski definition) is 3. The smallest absolute Gasteiger partial charge is 0.165 e. The molecule has 2 rings (SSSR count). The van der Waals surface area contributed by atoms with Crippen molar-refractivity contribution in [1.29, 1.82) is 0 Å². The molecule has 0 aliphatic heterocycles. The van der Waals surface area contributed by atoms with Crippen molar-refractivity contribution in [3.05, 3.63) is 47.5 Å². The van der Waals surface area contributed by atoms with E-state index in [1.54, 1.807) is 6.07 Å². The Morgan fingerprint density at radius 2 is 2.19 bits per heavy atom. The third kappa shape index (κ3) is 3.82. The highest BCUT2D eigenvalue weighted by Gasteiger charge is 2.11. The highest BCUT2D eigenvalue weighted by Crippen LogP contribution is 2.23. The minimum atomic E-state index is -0.343. The van der Waals surface area contributed by atoms with E-state index in [2.05, 4.69) is 24.3 Å². The van der Waals surface area contributed by atoms with Gasteiger partial charge in [-0.3, -0.25) is 4.68 Å². The second-order valence-corrected chi connectivity index (χ2v) is 5.09. The molecule has 0 spiro atoms. The first-order chi connectivity index (χ1) is 10.2. The molecule has 1 N–H and O–H groups in total. The number of aromatic nitrogens is 2. The van der Waals surface area contributed by atoms with Crippen molar-refractivity contribution in [3.63, 3.8) is 0 Å². The summed E-state index contributed by atoms with van der Waals surface area (Å²) in [5, 5.41) is 7.47. The summed E-state index contributed by atoms with van der Waals surface area (Å²) in [6.45, 7) is 5.06. The highest BCUT2D eigenvalue weighted by atomic mass is 19.1. The fraction of sp³-hybridized carbons (Fsp3) is 0.438. The normalized spacial score (nSPS) is 12.4. The molecule has 0 saturated heterocycles. The van der Waals surface area contributed by atoms with Crippen LogP contribution in [0.4, 0.5) is 4.39 Å². The molecule has 4 nitrogen and oxygen atoms in total. The Hall–Kier alpha value is -1.88. The van der Waals surface area contributed by atoms with Gasteiger partial charge in [-0.15, -0.1) is 0 Å². The summed E-state index contributed by atoms with van der Waals surface area (Å²) in [6.07, 6.45) is 2.95. The summed E-state index contributed by atoms with van der Waals surface area (Å²) < 4.78 is 21.4. The van der Waals surface area contributed by atoms with E-state index in [9.17, 15) is 4.39 Å². The van der Waals surface area contributed by atoms with Crippen LogP contribution in [0.15, 0.2) is 30.5 Å². The van der Waals surface area contributed by atoms with Crippen LogP contribution in [0.3, 0.4) is 0 Å². The van der Waals surface area contributed by atoms with Crippen LogP contribution in [0.5, 0.6) is 5.75 Å². The summed E-state index contributed by atoms with van der Waals surface area (Å²) in [7, 11) is 1.82. The van der Waals surface area contributed by atoms with Crippen LogP contribution in [0.2, 0.25) is 0 Å². The van der Waals surface area contributed by atoms with Crippen molar-refractivity contribution in [2.45, 2.75) is 39.5 Å². The zero-order valence-electron chi connectivity index (χ0n) is 12.8. The number of hydrogen-bond donors (Lipinski definition) is 1. The Morgan fingerprint density at radius 3 is 2.90 bits per heavy atom. The van der Waals surface area contributed by atoms with E-state index in [-0.39, 0.29) is 12.4 Å². The quantitative estimate of drug-likeness (QED) is 0.851. The average molecular weight is 291 g/mol. The molecule has 0 aliphatic rings. The van der Waals surface area contributed by atoms with Crippen molar-refractivity contribution < 1.29 is 9.13 Å². The number of nitrogens with one attached hydrogen (secondary N) is 1. The van der Waals surface area contributed by atoms with E-state index in [0.29, 0.717) is 18.3 Å². The van der Waals surface area contributed by atoms with E-state index in [1.165, 1.54) is 6.07 Å². The lowest BCUT2D eigenvalue weighted by molar-refractivity contribution is 0.279. The van der Waals surface area contributed by atoms with Gasteiger partial charge in [-0.25, -0.2) is 4.39 Å². The fourth-order valence-corrected chi connectivity index (χ4v) is 2.08. The van der Waals surface area contributed by atoms with Gasteiger partial charge in [0.15, 0.2) is 11.6 Å². The lowest BCUT2D eigenvalue weighted by Gasteiger charge is -2.11. The van der Waals surface area contributed by atoms with Crippen molar-refractivity contribution in [2.24, 2.45) is 0 Å². The summed E-state index contributed by atoms with van der Waals surface area (Å²) in [5.74, 6) is -0.0472. The molecule has 114 valence electrons. The molecule has 0 amide bonds. The summed E-state index contributed by atoms with van der Waals surface area (Å²) in [5.41, 5.74) is 1.60. The topological polar surface area (TPSA) is 39.1 Å². The van der Waals surface area contributed by atoms with Crippen LogP contribution in [0, 0.1) is 5.82 Å². The molecule has 0 fully saturated rings. The van der Waals surface area contributed by atoms with Crippen molar-refractivity contribution in [2.75, 3.05) is 7.05 Å². The van der Waals surface area contributed by atoms with Crippen LogP contribution in [-0.2, 0) is 13.2 Å². The summed E-state index contributed by atoms with van der Waals surface area (Å²) >= 11 is 0. The number of halogens is 1. The molecule has 1 aromatic carbocycles. The van der Waals surface area contributed by atoms with Crippen LogP contribution in [-0.4, -0.2) is 16.8 Å². The fourth-order valence-electron chi connectivity index (χ4n) is 2.08. The Morgan fingerprint density at radius 1 is 1.38 bits per heavy atom. The highest BCUT2D eigenvalue weighted by molar-refractivity contribution is 5.35. The zero-order chi connectivity index (χ0) is 15.2. The van der Waals surface area contributed by atoms with Crippen LogP contribution in [0.25, 0.3) is 0 Å². The number of para-hydroxylation sites is 1. The van der Waals surface area contributed by atoms with Gasteiger partial charge >= 0.3 is 0 Å². The van der Waals surface area contributed by atoms with Gasteiger partial charge in [-0.1, -0.05) is 19.1 Å². The van der Waals surface area contributed by atoms with Gasteiger partial charge in [-0.2, -0.15) is 5.10 Å². The van der Waals surface area contributed by atoms with E-state index in [0.717, 1.165) is 17.7 Å². The molecule has 0 bridgehead atoms. The van der Waals surface area contributed by atoms with E-state index >= 15 is 0 Å². The first-order valence-electron chi connectivity index (χ1n) is 7.24. The van der Waals surface area contributed by atoms with Gasteiger partial charge < -0.3 is 10.1 Å². The number of ether oxygens (including phenoxy) is 1. The molecule has 1 unspecified atom stereocenters. The lowest BCUT2D eigenvalue weighted by atomic mass is 10.2. The Bertz CT molecular complexity index is 583. The van der Waals surface area contributed by atoms with Crippen molar-refractivity contribution in [3.8, 4) is 5.75 Å². The predicted octanol–water partition coefficient (Wildman–Crippen LogP) is 3.29. The molecule has 2 aromatic rings. The maximum absolute atomic E-state index is 13.9. The molecular formula is C16H22FN3O. The largest absolute Gasteiger partial charge is 0.484 e. The lowest BCUT2D eigenvalue weighted by Crippen LogP contribution is -2.09. The minimum Gasteiger partial charge on any atom is -0.484 e. The van der Waals surface area contributed by atoms with Crippen LogP contribution >= 0.6 is 0 Å². The number of benzene rings is 1. The van der Waals surface area contributed by atoms with Crippen molar-refractivity contribution in [1.82, 2.24) is 15.1 Å². The van der Waals surface area contributed by atoms with Gasteiger partial charge in [0, 0.05) is 24.3 Å². The predicted molar refractivity (Wildman–Crippen MR) is 80.7 cm³/mol. The minimum absolute atomic E-state index is 0.265. The van der Waals surface area contributed by atoms with E-state index in [1.807, 2.05) is 30.1 Å². The van der Waals surface area contributed by atoms with Gasteiger partial charge in [0.1, 0.15) is 6.61 Å². The SMILES string of the molecule is CCC(C)n1ccc(COc2c(F)cccc2CNC)n1. The first-order valence-corrected chi connectivity index (χ1v) is 7.24. The third-order valence-corrected chi connectivity index (χ3v) is 3.49. The molecule has 5 heteroatoms. The van der Waals surface area contributed by atoms with Crippen LogP contribution < -0.4 is 10.1 Å². The second kappa shape index (κ2) is 7.22. The van der Waals surface area contributed by atoms with E-state index < -0.39 is 0 Å². The van der Waals surface area contributed by atoms with Crippen molar-refractivity contribution >= 4 is 0 Å². The van der Waals surface area contributed by atoms with Gasteiger partial charge in [0.2, 0.25) is 0 Å². The average Bonchev–Trinajstić information content (AvgIpc) is 2.95. The molecule has 1 aromatic heterocycles. The molecule has 1 heterocycles. The third-order valence-electron chi connectivity index (χ3n) is 3.49. The van der Waals surface area contributed by atoms with Gasteiger partial charge in [0.25, 0.3) is 0 Å². The zero-order valence-corrected chi connectivity index (χ0v) is 12.8. The Kier molecular flexibility index (Phi) is 5.33. The van der Waals surface area contributed by atoms with E-state index in [4.69, 9.17) is 4.74 Å². The Balaban J connectivity index is 2.07. The first kappa shape index (κ1) is 15.5. The van der Waals surface area contributed by atoms with Gasteiger partial charge in [-0.05, 0) is 32.5 Å². The molecule has 0 saturated carbocycles. The Labute approximate surface area is 124 Å². The maximum atomic E-state index is 13.9. The molecule has 1 atom stereocenters. The van der Waals surface area contributed by atoms with Crippen LogP contribution in [0.1, 0.15) is 37.6 Å². The number of nitrogens with zero attached hydrogens (tertiary/aromatic N) is 2. The second-order valence-electron chi connectivity index (χ2n) is 5.09. The molecule has 0 aliphatic carbocycles. The molecule has 21 heavy (non-hydrogen) atoms. The summed E-state index contributed by atoms with van der Waals surface area (Å²) in [4.78, 5) is 0. The monoisotopic (exact) mass is 291 g/mol. The summed E-state index contributed by atoms with van der Waals surface area (Å²) in [6, 6.07) is 7.21.